The Morgan fingerprint density at radius 3 is 0.785 bits per heavy atom. The molecule has 0 aliphatic rings. The molecule has 0 saturated heterocycles. The van der Waals surface area contributed by atoms with Gasteiger partial charge in [-0.15, -0.1) is 0 Å². The van der Waals surface area contributed by atoms with Crippen LogP contribution in [0.25, 0.3) is 0 Å². The van der Waals surface area contributed by atoms with Gasteiger partial charge in [-0.3, -0.25) is 0 Å². The van der Waals surface area contributed by atoms with Crippen LogP contribution in [0.2, 0.25) is 66.6 Å². The number of aliphatic hydroxyl groups is 1. The minimum atomic E-state index is -2.47. The molecule has 0 unspecified atom stereocenters. The summed E-state index contributed by atoms with van der Waals surface area (Å²) in [5.41, 5.74) is 3.28. The zero-order valence-electron chi connectivity index (χ0n) is 72.9. The number of ether oxygens (including phenoxy) is 2. The Labute approximate surface area is 681 Å². The number of nitrogens with zero attached hydrogens (tertiary/aromatic N) is 5. The molecule has 15 heteroatoms. The maximum absolute atomic E-state index is 13.0. The zero-order chi connectivity index (χ0) is 79.3. The molecule has 0 radical (unpaired) electrons. The molecule has 5 aromatic rings. The predicted octanol–water partition coefficient (Wildman–Crippen LogP) is 26.0. The second-order valence-corrected chi connectivity index (χ2v) is 97.9. The molecule has 0 fully saturated rings. The number of aromatic nitrogens is 5. The third-order valence-electron chi connectivity index (χ3n) is 23.4. The fourth-order valence-corrected chi connectivity index (χ4v) is 96.2. The summed E-state index contributed by atoms with van der Waals surface area (Å²) in [5, 5.41) is 9.42. The first kappa shape index (κ1) is 104. The van der Waals surface area contributed by atoms with Crippen LogP contribution in [0.15, 0.2) is 91.6 Å². The molecular formula is C92H166FN5O4Sn5. The molecule has 5 aromatic heterocycles. The van der Waals surface area contributed by atoms with Gasteiger partial charge in [-0.25, -0.2) is 0 Å². The Morgan fingerprint density at radius 2 is 0.542 bits per heavy atom. The van der Waals surface area contributed by atoms with Crippen molar-refractivity contribution >= 4 is 116 Å². The fraction of sp³-hybridized carbons (Fsp3) is 0.717. The van der Waals surface area contributed by atoms with Gasteiger partial charge in [0.1, 0.15) is 0 Å². The molecule has 0 spiro atoms. The summed E-state index contributed by atoms with van der Waals surface area (Å²) >= 11 is -11.6. The van der Waals surface area contributed by atoms with Crippen molar-refractivity contribution in [2.75, 3.05) is 14.2 Å². The van der Waals surface area contributed by atoms with Gasteiger partial charge in [0.2, 0.25) is 0 Å². The first-order chi connectivity index (χ1) is 52.0. The van der Waals surface area contributed by atoms with E-state index >= 15 is 0 Å². The van der Waals surface area contributed by atoms with Crippen LogP contribution < -0.4 is 22.6 Å². The normalized spacial score (nSPS) is 11.7. The van der Waals surface area contributed by atoms with E-state index in [-0.39, 0.29) is 12.6 Å². The maximum atomic E-state index is 13.0. The number of pyridine rings is 5. The summed E-state index contributed by atoms with van der Waals surface area (Å²) < 4.78 is 53.4. The van der Waals surface area contributed by atoms with Crippen LogP contribution in [0.1, 0.15) is 331 Å². The average Bonchev–Trinajstić information content (AvgIpc) is 0.851. The summed E-state index contributed by atoms with van der Waals surface area (Å²) in [6.07, 6.45) is 50.8. The molecule has 5 rings (SSSR count). The van der Waals surface area contributed by atoms with Gasteiger partial charge < -0.3 is 0 Å². The van der Waals surface area contributed by atoms with E-state index in [0.29, 0.717) is 11.4 Å². The topological polar surface area (TPSA) is 120 Å². The van der Waals surface area contributed by atoms with Crippen molar-refractivity contribution in [3.63, 3.8) is 0 Å². The predicted molar refractivity (Wildman–Crippen MR) is 482 cm³/mol. The molecule has 107 heavy (non-hydrogen) atoms. The van der Waals surface area contributed by atoms with Crippen molar-refractivity contribution in [1.82, 2.24) is 24.9 Å². The third kappa shape index (κ3) is 39.4. The van der Waals surface area contributed by atoms with Gasteiger partial charge in [0.15, 0.2) is 0 Å². The molecule has 0 saturated carbocycles. The number of methoxy groups -OCH3 is 2. The number of aryl methyl sites for hydroxylation is 1. The molecule has 610 valence electrons. The molecule has 0 amide bonds. The Morgan fingerprint density at radius 1 is 0.318 bits per heavy atom. The Kier molecular flexibility index (Phi) is 63.2. The Hall–Kier alpha value is -1.10. The first-order valence-electron chi connectivity index (χ1n) is 44.6. The van der Waals surface area contributed by atoms with E-state index in [0.717, 1.165) is 18.0 Å². The number of halogens is 1. The summed E-state index contributed by atoms with van der Waals surface area (Å²) in [6.45, 7) is 36.5. The number of esters is 1. The van der Waals surface area contributed by atoms with E-state index in [1.165, 1.54) is 266 Å². The van der Waals surface area contributed by atoms with E-state index in [9.17, 15) is 14.3 Å². The van der Waals surface area contributed by atoms with Gasteiger partial charge in [-0.2, -0.15) is 0 Å². The number of carbonyl (C=O) groups excluding carboxylic acids is 1. The number of aliphatic hydroxyl groups excluding tert-OH is 1. The van der Waals surface area contributed by atoms with Crippen molar-refractivity contribution in [2.45, 2.75) is 390 Å². The molecule has 0 bridgehead atoms. The van der Waals surface area contributed by atoms with Crippen LogP contribution >= 0.6 is 0 Å². The SMILES string of the molecule is CCC[CH2][Sn]([CH2]CCC)([CH2]CCC)[c]1ccnc(C(=O)OC)c1.CCC[CH2][Sn]([CH2]CCC)([CH2]CCC)[c]1ccnc(CC)c1.CCC[CH2][Sn]([CH2]CCC)([CH2]CCC)[c]1ccnc(CF)c1.CCC[CH2][Sn]([CH2]CCC)([CH2]CCC)[c]1ccnc(CO)c1.CCC[CH2][Sn]([CH2]CCC)([CH2]CCC)[c]1ccnc(OC)c1. The Balaban J connectivity index is 0.000000669. The first-order valence-corrected chi connectivity index (χ1v) is 82.0. The zero-order valence-corrected chi connectivity index (χ0v) is 87.2. The van der Waals surface area contributed by atoms with Crippen LogP contribution in [0, 0.1) is 0 Å². The quantitative estimate of drug-likeness (QED) is 0.0300. The van der Waals surface area contributed by atoms with Crippen molar-refractivity contribution in [3.05, 3.63) is 114 Å². The average molecular weight is 2020 g/mol. The number of hydrogen-bond acceptors (Lipinski definition) is 9. The van der Waals surface area contributed by atoms with Crippen LogP contribution in [0.5, 0.6) is 5.88 Å². The number of alkyl halides is 1. The van der Waals surface area contributed by atoms with Crippen LogP contribution in [-0.2, 0) is 24.4 Å². The van der Waals surface area contributed by atoms with Gasteiger partial charge in [-0.05, 0) is 0 Å². The van der Waals surface area contributed by atoms with Crippen LogP contribution in [-0.4, -0.2) is 142 Å². The van der Waals surface area contributed by atoms with Crippen molar-refractivity contribution in [3.8, 4) is 5.88 Å². The van der Waals surface area contributed by atoms with Crippen molar-refractivity contribution in [2.24, 2.45) is 0 Å². The van der Waals surface area contributed by atoms with Crippen LogP contribution in [0.3, 0.4) is 0 Å². The molecule has 5 heterocycles. The minimum absolute atomic E-state index is 0.0745. The number of unbranched alkanes of at least 4 members (excludes halogenated alkanes) is 15. The second-order valence-electron chi connectivity index (χ2n) is 31.7. The van der Waals surface area contributed by atoms with Gasteiger partial charge in [0.05, 0.1) is 0 Å². The van der Waals surface area contributed by atoms with E-state index in [2.05, 4.69) is 203 Å². The van der Waals surface area contributed by atoms with E-state index in [4.69, 9.17) is 9.47 Å². The number of carbonyl (C=O) groups is 1. The Bertz CT molecular complexity index is 2550. The summed E-state index contributed by atoms with van der Waals surface area (Å²) in [4.78, 5) is 33.4. The van der Waals surface area contributed by atoms with E-state index in [1.807, 2.05) is 24.8 Å². The standard InChI is InChI=1S/C7H6NO2.C7H8N.C6H5FN.2C6H6NO.15C4H9.5Sn/c1-10-7(9)6-4-2-3-5-8-6;1-2-7-5-3-4-6-8-7;7-5-6-3-1-2-4-8-6;1-8-6-4-2-3-5-7-6;8-5-6-3-1-2-4-7-6;15*1-3-4-2;;;;;/h3-5H,1H3;4-6H,2H2,1H3;2-4H,5H2;3-5H,1H3;2-4,8H,5H2;15*1,3-4H2,2H3;;;;;. The number of rotatable bonds is 55. The molecule has 0 aromatic carbocycles. The molecule has 9 nitrogen and oxygen atoms in total. The van der Waals surface area contributed by atoms with Crippen molar-refractivity contribution in [1.29, 1.82) is 0 Å². The monoisotopic (exact) mass is 2020 g/mol. The van der Waals surface area contributed by atoms with Crippen molar-refractivity contribution < 1.29 is 23.8 Å². The van der Waals surface area contributed by atoms with Gasteiger partial charge >= 0.3 is 689 Å². The molecule has 0 aliphatic heterocycles. The molecule has 1 N–H and O–H groups in total. The summed E-state index contributed by atoms with van der Waals surface area (Å²) in [6, 6.07) is 22.5. The van der Waals surface area contributed by atoms with E-state index < -0.39 is 98.6 Å². The summed E-state index contributed by atoms with van der Waals surface area (Å²) in [5.74, 6) is 0.492. The van der Waals surface area contributed by atoms with Gasteiger partial charge in [-0.1, -0.05) is 0 Å². The van der Waals surface area contributed by atoms with E-state index in [1.54, 1.807) is 31.2 Å². The fourth-order valence-electron chi connectivity index (χ4n) is 16.4. The summed E-state index contributed by atoms with van der Waals surface area (Å²) in [7, 11) is 3.16. The number of hydrogen-bond donors (Lipinski definition) is 1. The molecular weight excluding hydrogens is 1850 g/mol. The van der Waals surface area contributed by atoms with Gasteiger partial charge in [0.25, 0.3) is 0 Å². The second kappa shape index (κ2) is 65.1. The molecule has 0 atom stereocenters. The third-order valence-corrected chi connectivity index (χ3v) is 101. The van der Waals surface area contributed by atoms with Crippen LogP contribution in [0.4, 0.5) is 4.39 Å². The van der Waals surface area contributed by atoms with Gasteiger partial charge in [0, 0.05) is 0 Å². The molecule has 0 aliphatic carbocycles.